The largest absolute Gasteiger partial charge is 0.492 e. The van der Waals surface area contributed by atoms with Gasteiger partial charge in [-0.1, -0.05) is 13.0 Å². The molecule has 0 aliphatic heterocycles. The van der Waals surface area contributed by atoms with Crippen LogP contribution >= 0.6 is 0 Å². The van der Waals surface area contributed by atoms with Gasteiger partial charge < -0.3 is 15.0 Å². The number of nitrogens with one attached hydrogen (secondary N) is 1. The highest BCUT2D eigenvalue weighted by Gasteiger charge is 2.20. The molecule has 2 aromatic carbocycles. The second-order valence-corrected chi connectivity index (χ2v) is 9.42. The summed E-state index contributed by atoms with van der Waals surface area (Å²) in [6.07, 6.45) is 2.75. The Morgan fingerprint density at radius 1 is 1.11 bits per heavy atom. The Hall–Kier alpha value is -3.71. The summed E-state index contributed by atoms with van der Waals surface area (Å²) in [4.78, 5) is 20.6. The van der Waals surface area contributed by atoms with Crippen LogP contribution in [0.3, 0.4) is 0 Å². The fourth-order valence-electron chi connectivity index (χ4n) is 4.54. The number of likely N-dealkylation sites (N-methyl/N-ethyl adjacent to an activating group) is 1. The van der Waals surface area contributed by atoms with Crippen molar-refractivity contribution in [3.8, 4) is 17.0 Å². The van der Waals surface area contributed by atoms with Crippen LogP contribution in [0.4, 0.5) is 0 Å². The maximum atomic E-state index is 13.8. The summed E-state index contributed by atoms with van der Waals surface area (Å²) >= 11 is 0. The van der Waals surface area contributed by atoms with Crippen molar-refractivity contribution >= 4 is 16.8 Å². The van der Waals surface area contributed by atoms with E-state index in [1.807, 2.05) is 63.1 Å². The summed E-state index contributed by atoms with van der Waals surface area (Å²) in [5, 5.41) is 8.41. The van der Waals surface area contributed by atoms with E-state index < -0.39 is 0 Å². The first-order valence-electron chi connectivity index (χ1n) is 12.9. The first kappa shape index (κ1) is 26.4. The number of carbonyl (C=O) groups excluding carboxylic acids is 1. The summed E-state index contributed by atoms with van der Waals surface area (Å²) < 4.78 is 7.84. The molecule has 4 rings (SSSR count). The molecule has 0 aliphatic rings. The van der Waals surface area contributed by atoms with E-state index in [1.54, 1.807) is 4.90 Å². The highest BCUT2D eigenvalue weighted by Crippen LogP contribution is 2.30. The molecule has 4 aromatic rings. The standard InChI is InChI=1S/C30H37N5O2/c1-7-22-9-11-27-25(16-22)26(30(36)34(6)19-24-18-32-35(8-2)21(24)4)17-28(33-27)23-10-12-29(20(3)15-23)37-14-13-31-5/h9-12,15-18,31H,7-8,13-14,19H2,1-6H3. The summed E-state index contributed by atoms with van der Waals surface area (Å²) in [6, 6.07) is 14.2. The molecule has 2 aromatic heterocycles. The minimum absolute atomic E-state index is 0.0331. The first-order valence-corrected chi connectivity index (χ1v) is 12.9. The second kappa shape index (κ2) is 11.6. The third kappa shape index (κ3) is 5.67. The van der Waals surface area contributed by atoms with E-state index in [0.717, 1.165) is 64.2 Å². The highest BCUT2D eigenvalue weighted by atomic mass is 16.5. The van der Waals surface area contributed by atoms with Crippen molar-refractivity contribution in [3.05, 3.63) is 76.6 Å². The van der Waals surface area contributed by atoms with Gasteiger partial charge in [-0.2, -0.15) is 5.10 Å². The van der Waals surface area contributed by atoms with Gasteiger partial charge in [0, 0.05) is 48.9 Å². The number of ether oxygens (including phenoxy) is 1. The molecule has 1 amide bonds. The van der Waals surface area contributed by atoms with Crippen LogP contribution in [0, 0.1) is 13.8 Å². The monoisotopic (exact) mass is 499 g/mol. The number of benzene rings is 2. The Balaban J connectivity index is 1.72. The maximum absolute atomic E-state index is 13.8. The SMILES string of the molecule is CCc1ccc2nc(-c3ccc(OCCNC)c(C)c3)cc(C(=O)N(C)Cc3cnn(CC)c3C)c2c1. The quantitative estimate of drug-likeness (QED) is 0.305. The predicted octanol–water partition coefficient (Wildman–Crippen LogP) is 5.17. The zero-order valence-corrected chi connectivity index (χ0v) is 22.8. The van der Waals surface area contributed by atoms with Crippen LogP contribution in [0.2, 0.25) is 0 Å². The third-order valence-corrected chi connectivity index (χ3v) is 6.85. The number of hydrogen-bond donors (Lipinski definition) is 1. The molecule has 0 saturated carbocycles. The minimum Gasteiger partial charge on any atom is -0.492 e. The molecule has 0 atom stereocenters. The molecular weight excluding hydrogens is 462 g/mol. The maximum Gasteiger partial charge on any atom is 0.254 e. The number of nitrogens with zero attached hydrogens (tertiary/aromatic N) is 4. The average molecular weight is 500 g/mol. The summed E-state index contributed by atoms with van der Waals surface area (Å²) in [5.74, 6) is 0.820. The summed E-state index contributed by atoms with van der Waals surface area (Å²) in [7, 11) is 3.76. The van der Waals surface area contributed by atoms with Crippen LogP contribution < -0.4 is 10.1 Å². The van der Waals surface area contributed by atoms with Gasteiger partial charge in [-0.3, -0.25) is 9.48 Å². The number of aryl methyl sites for hydroxylation is 3. The number of amides is 1. The van der Waals surface area contributed by atoms with E-state index in [1.165, 1.54) is 5.56 Å². The van der Waals surface area contributed by atoms with Gasteiger partial charge in [0.05, 0.1) is 23.0 Å². The van der Waals surface area contributed by atoms with E-state index in [9.17, 15) is 4.79 Å². The third-order valence-electron chi connectivity index (χ3n) is 6.85. The molecule has 37 heavy (non-hydrogen) atoms. The Morgan fingerprint density at radius 2 is 1.92 bits per heavy atom. The minimum atomic E-state index is -0.0331. The zero-order valence-electron chi connectivity index (χ0n) is 22.8. The van der Waals surface area contributed by atoms with Crippen molar-refractivity contribution in [2.75, 3.05) is 27.2 Å². The van der Waals surface area contributed by atoms with Gasteiger partial charge in [0.25, 0.3) is 5.91 Å². The molecule has 0 aliphatic carbocycles. The van der Waals surface area contributed by atoms with Crippen LogP contribution in [0.15, 0.2) is 48.7 Å². The fourth-order valence-corrected chi connectivity index (χ4v) is 4.54. The predicted molar refractivity (Wildman–Crippen MR) is 149 cm³/mol. The fraction of sp³-hybridized carbons (Fsp3) is 0.367. The Morgan fingerprint density at radius 3 is 2.59 bits per heavy atom. The first-order chi connectivity index (χ1) is 17.9. The number of pyridine rings is 1. The molecule has 0 unspecified atom stereocenters. The zero-order chi connectivity index (χ0) is 26.5. The highest BCUT2D eigenvalue weighted by molar-refractivity contribution is 6.07. The van der Waals surface area contributed by atoms with E-state index in [2.05, 4.69) is 42.5 Å². The van der Waals surface area contributed by atoms with E-state index in [-0.39, 0.29) is 5.91 Å². The van der Waals surface area contributed by atoms with E-state index in [4.69, 9.17) is 9.72 Å². The number of rotatable bonds is 10. The molecule has 0 saturated heterocycles. The molecule has 7 nitrogen and oxygen atoms in total. The Kier molecular flexibility index (Phi) is 8.24. The number of fused-ring (bicyclic) bond motifs is 1. The number of hydrogen-bond acceptors (Lipinski definition) is 5. The molecule has 0 bridgehead atoms. The lowest BCUT2D eigenvalue weighted by Crippen LogP contribution is -2.27. The van der Waals surface area contributed by atoms with Gasteiger partial charge in [0.1, 0.15) is 12.4 Å². The molecule has 194 valence electrons. The van der Waals surface area contributed by atoms with Crippen LogP contribution in [-0.2, 0) is 19.5 Å². The Bertz CT molecular complexity index is 1410. The van der Waals surface area contributed by atoms with Crippen LogP contribution in [0.25, 0.3) is 22.2 Å². The van der Waals surface area contributed by atoms with Crippen LogP contribution in [0.1, 0.15) is 46.6 Å². The molecule has 0 radical (unpaired) electrons. The summed E-state index contributed by atoms with van der Waals surface area (Å²) in [6.45, 7) is 11.0. The van der Waals surface area contributed by atoms with Crippen molar-refractivity contribution in [1.29, 1.82) is 0 Å². The van der Waals surface area contributed by atoms with E-state index in [0.29, 0.717) is 18.7 Å². The lowest BCUT2D eigenvalue weighted by atomic mass is 9.99. The van der Waals surface area contributed by atoms with Gasteiger partial charge in [-0.15, -0.1) is 0 Å². The van der Waals surface area contributed by atoms with Crippen molar-refractivity contribution in [2.24, 2.45) is 0 Å². The van der Waals surface area contributed by atoms with Gasteiger partial charge >= 0.3 is 0 Å². The van der Waals surface area contributed by atoms with Crippen LogP contribution in [-0.4, -0.2) is 52.8 Å². The topological polar surface area (TPSA) is 72.3 Å². The lowest BCUT2D eigenvalue weighted by molar-refractivity contribution is 0.0787. The van der Waals surface area contributed by atoms with E-state index >= 15 is 0 Å². The molecule has 2 heterocycles. The van der Waals surface area contributed by atoms with Crippen molar-refractivity contribution in [2.45, 2.75) is 47.2 Å². The number of carbonyl (C=O) groups is 1. The van der Waals surface area contributed by atoms with Crippen molar-refractivity contribution < 1.29 is 9.53 Å². The molecule has 1 N–H and O–H groups in total. The lowest BCUT2D eigenvalue weighted by Gasteiger charge is -2.19. The van der Waals surface area contributed by atoms with Gasteiger partial charge in [0.2, 0.25) is 0 Å². The smallest absolute Gasteiger partial charge is 0.254 e. The normalized spacial score (nSPS) is 11.2. The van der Waals surface area contributed by atoms with Gasteiger partial charge in [0.15, 0.2) is 0 Å². The molecule has 0 fully saturated rings. The van der Waals surface area contributed by atoms with Crippen LogP contribution in [0.5, 0.6) is 5.75 Å². The van der Waals surface area contributed by atoms with Crippen molar-refractivity contribution in [3.63, 3.8) is 0 Å². The van der Waals surface area contributed by atoms with Crippen molar-refractivity contribution in [1.82, 2.24) is 25.0 Å². The molecule has 0 spiro atoms. The number of aromatic nitrogens is 3. The molecule has 7 heteroatoms. The Labute approximate surface area is 219 Å². The second-order valence-electron chi connectivity index (χ2n) is 9.42. The average Bonchev–Trinajstić information content (AvgIpc) is 3.26. The summed E-state index contributed by atoms with van der Waals surface area (Å²) in [5.41, 5.74) is 7.55. The molecular formula is C30H37N5O2. The van der Waals surface area contributed by atoms with Gasteiger partial charge in [-0.05, 0) is 81.8 Å². The van der Waals surface area contributed by atoms with Gasteiger partial charge in [-0.25, -0.2) is 4.98 Å².